The van der Waals surface area contributed by atoms with Crippen LogP contribution in [0.5, 0.6) is 0 Å². The molecule has 8 heteroatoms. The molecule has 0 spiro atoms. The second-order valence-corrected chi connectivity index (χ2v) is 6.92. The molecule has 3 rings (SSSR count). The number of nitrogens with zero attached hydrogens (tertiary/aromatic N) is 2. The molecule has 144 valence electrons. The van der Waals surface area contributed by atoms with E-state index in [4.69, 9.17) is 5.11 Å². The van der Waals surface area contributed by atoms with Gasteiger partial charge in [0.25, 0.3) is 0 Å². The number of halogens is 1. The van der Waals surface area contributed by atoms with E-state index in [0.29, 0.717) is 31.4 Å². The van der Waals surface area contributed by atoms with E-state index >= 15 is 0 Å². The van der Waals surface area contributed by atoms with Crippen LogP contribution in [0.4, 0.5) is 4.39 Å². The number of piperidine rings is 1. The number of hydrogen-bond acceptors (Lipinski definition) is 3. The van der Waals surface area contributed by atoms with Gasteiger partial charge >= 0.3 is 5.97 Å². The standard InChI is InChI=1S/C19H22FN3O4/c1-22(11-18(25)23-6-4-12(5-7-23)19(26)27)17(24)8-13-10-21-16-9-14(20)2-3-15(13)16/h2-3,9-10,12,21H,4-8,11H2,1H3,(H,26,27). The molecule has 1 aliphatic heterocycles. The van der Waals surface area contributed by atoms with Crippen molar-refractivity contribution < 1.29 is 23.9 Å². The van der Waals surface area contributed by atoms with Gasteiger partial charge in [-0.1, -0.05) is 0 Å². The minimum absolute atomic E-state index is 0.0481. The summed E-state index contributed by atoms with van der Waals surface area (Å²) >= 11 is 0. The van der Waals surface area contributed by atoms with Crippen molar-refractivity contribution in [1.82, 2.24) is 14.8 Å². The summed E-state index contributed by atoms with van der Waals surface area (Å²) in [5.74, 6) is -1.98. The highest BCUT2D eigenvalue weighted by atomic mass is 19.1. The molecule has 1 aromatic carbocycles. The Hall–Kier alpha value is -2.90. The van der Waals surface area contributed by atoms with E-state index in [1.54, 1.807) is 24.2 Å². The number of likely N-dealkylation sites (tertiary alicyclic amines) is 1. The van der Waals surface area contributed by atoms with Crippen LogP contribution in [0.25, 0.3) is 10.9 Å². The number of carboxylic acid groups (broad SMARTS) is 1. The zero-order valence-electron chi connectivity index (χ0n) is 15.1. The van der Waals surface area contributed by atoms with Gasteiger partial charge in [-0.25, -0.2) is 4.39 Å². The Balaban J connectivity index is 1.56. The maximum atomic E-state index is 13.3. The molecule has 0 saturated carbocycles. The number of nitrogens with one attached hydrogen (secondary N) is 1. The highest BCUT2D eigenvalue weighted by Gasteiger charge is 2.28. The number of aliphatic carboxylic acids is 1. The molecule has 27 heavy (non-hydrogen) atoms. The molecule has 0 radical (unpaired) electrons. The molecule has 1 fully saturated rings. The van der Waals surface area contributed by atoms with E-state index in [0.717, 1.165) is 10.9 Å². The third kappa shape index (κ3) is 4.27. The maximum Gasteiger partial charge on any atom is 0.306 e. The second kappa shape index (κ2) is 7.77. The number of hydrogen-bond donors (Lipinski definition) is 2. The molecule has 1 aliphatic rings. The Morgan fingerprint density at radius 2 is 2.00 bits per heavy atom. The number of rotatable bonds is 5. The lowest BCUT2D eigenvalue weighted by atomic mass is 9.97. The highest BCUT2D eigenvalue weighted by Crippen LogP contribution is 2.20. The van der Waals surface area contributed by atoms with Crippen molar-refractivity contribution in [3.05, 3.63) is 35.8 Å². The molecule has 2 heterocycles. The lowest BCUT2D eigenvalue weighted by molar-refractivity contribution is -0.146. The van der Waals surface area contributed by atoms with Crippen molar-refractivity contribution in [3.63, 3.8) is 0 Å². The number of benzene rings is 1. The number of fused-ring (bicyclic) bond motifs is 1. The van der Waals surface area contributed by atoms with Gasteiger partial charge in [-0.15, -0.1) is 0 Å². The number of likely N-dealkylation sites (N-methyl/N-ethyl adjacent to an activating group) is 1. The van der Waals surface area contributed by atoms with E-state index in [1.807, 2.05) is 0 Å². The normalized spacial score (nSPS) is 15.1. The fraction of sp³-hybridized carbons (Fsp3) is 0.421. The topological polar surface area (TPSA) is 93.7 Å². The van der Waals surface area contributed by atoms with Crippen LogP contribution in [0.3, 0.4) is 0 Å². The quantitative estimate of drug-likeness (QED) is 0.831. The summed E-state index contributed by atoms with van der Waals surface area (Å²) in [5, 5.41) is 9.79. The van der Waals surface area contributed by atoms with Crippen molar-refractivity contribution in [2.24, 2.45) is 5.92 Å². The van der Waals surface area contributed by atoms with Gasteiger partial charge in [-0.05, 0) is 36.6 Å². The Morgan fingerprint density at radius 1 is 1.30 bits per heavy atom. The van der Waals surface area contributed by atoms with Crippen LogP contribution in [0.1, 0.15) is 18.4 Å². The molecule has 2 amide bonds. The fourth-order valence-electron chi connectivity index (χ4n) is 3.37. The number of aromatic amines is 1. The van der Waals surface area contributed by atoms with Gasteiger partial charge in [0.05, 0.1) is 18.9 Å². The third-order valence-corrected chi connectivity index (χ3v) is 5.07. The first-order valence-electron chi connectivity index (χ1n) is 8.85. The molecule has 0 bridgehead atoms. The van der Waals surface area contributed by atoms with Crippen molar-refractivity contribution >= 4 is 28.7 Å². The number of carbonyl (C=O) groups is 3. The van der Waals surface area contributed by atoms with Crippen molar-refractivity contribution in [1.29, 1.82) is 0 Å². The van der Waals surface area contributed by atoms with Crippen molar-refractivity contribution in [2.75, 3.05) is 26.7 Å². The first kappa shape index (κ1) is 18.9. The summed E-state index contributed by atoms with van der Waals surface area (Å²) in [6.07, 6.45) is 2.65. The number of H-pyrrole nitrogens is 1. The van der Waals surface area contributed by atoms with Gasteiger partial charge in [0.2, 0.25) is 11.8 Å². The minimum Gasteiger partial charge on any atom is -0.481 e. The number of aromatic nitrogens is 1. The summed E-state index contributed by atoms with van der Waals surface area (Å²) in [7, 11) is 1.57. The van der Waals surface area contributed by atoms with Crippen LogP contribution < -0.4 is 0 Å². The summed E-state index contributed by atoms with van der Waals surface area (Å²) in [6.45, 7) is 0.741. The predicted molar refractivity (Wildman–Crippen MR) is 96.5 cm³/mol. The monoisotopic (exact) mass is 375 g/mol. The number of carbonyl (C=O) groups excluding carboxylic acids is 2. The molecule has 1 saturated heterocycles. The van der Waals surface area contributed by atoms with E-state index in [-0.39, 0.29) is 30.6 Å². The first-order chi connectivity index (χ1) is 12.8. The number of amides is 2. The van der Waals surface area contributed by atoms with Gasteiger partial charge in [0.15, 0.2) is 0 Å². The maximum absolute atomic E-state index is 13.3. The molecule has 0 atom stereocenters. The summed E-state index contributed by atoms with van der Waals surface area (Å²) < 4.78 is 13.3. The summed E-state index contributed by atoms with van der Waals surface area (Å²) in [4.78, 5) is 41.8. The molecule has 1 aromatic heterocycles. The Kier molecular flexibility index (Phi) is 5.43. The molecule has 0 aliphatic carbocycles. The van der Waals surface area contributed by atoms with Crippen molar-refractivity contribution in [2.45, 2.75) is 19.3 Å². The molecule has 2 aromatic rings. The van der Waals surface area contributed by atoms with E-state index in [9.17, 15) is 18.8 Å². The first-order valence-corrected chi connectivity index (χ1v) is 8.85. The van der Waals surface area contributed by atoms with Crippen LogP contribution in [0.15, 0.2) is 24.4 Å². The average Bonchev–Trinajstić information content (AvgIpc) is 3.03. The highest BCUT2D eigenvalue weighted by molar-refractivity contribution is 5.90. The van der Waals surface area contributed by atoms with Gasteiger partial charge in [0, 0.05) is 37.2 Å². The van der Waals surface area contributed by atoms with Crippen LogP contribution >= 0.6 is 0 Å². The molecular formula is C19H22FN3O4. The van der Waals surface area contributed by atoms with Crippen LogP contribution in [-0.2, 0) is 20.8 Å². The van der Waals surface area contributed by atoms with E-state index in [1.165, 1.54) is 17.0 Å². The fourth-order valence-corrected chi connectivity index (χ4v) is 3.37. The van der Waals surface area contributed by atoms with Gasteiger partial charge in [-0.3, -0.25) is 14.4 Å². The zero-order chi connectivity index (χ0) is 19.6. The molecule has 2 N–H and O–H groups in total. The molecule has 0 unspecified atom stereocenters. The predicted octanol–water partition coefficient (Wildman–Crippen LogP) is 1.63. The minimum atomic E-state index is -0.826. The molecular weight excluding hydrogens is 353 g/mol. The lowest BCUT2D eigenvalue weighted by Gasteiger charge is -2.31. The van der Waals surface area contributed by atoms with E-state index < -0.39 is 11.9 Å². The zero-order valence-corrected chi connectivity index (χ0v) is 15.1. The van der Waals surface area contributed by atoms with Gasteiger partial charge in [-0.2, -0.15) is 0 Å². The third-order valence-electron chi connectivity index (χ3n) is 5.07. The number of carboxylic acids is 1. The Labute approximate surface area is 155 Å². The van der Waals surface area contributed by atoms with Crippen LogP contribution in [0.2, 0.25) is 0 Å². The smallest absolute Gasteiger partial charge is 0.306 e. The van der Waals surface area contributed by atoms with Gasteiger partial charge in [0.1, 0.15) is 5.82 Å². The van der Waals surface area contributed by atoms with E-state index in [2.05, 4.69) is 4.98 Å². The van der Waals surface area contributed by atoms with Crippen molar-refractivity contribution in [3.8, 4) is 0 Å². The largest absolute Gasteiger partial charge is 0.481 e. The SMILES string of the molecule is CN(CC(=O)N1CCC(C(=O)O)CC1)C(=O)Cc1c[nH]c2cc(F)ccc12. The second-order valence-electron chi connectivity index (χ2n) is 6.92. The molecule has 7 nitrogen and oxygen atoms in total. The average molecular weight is 375 g/mol. The van der Waals surface area contributed by atoms with Gasteiger partial charge < -0.3 is 19.9 Å². The van der Waals surface area contributed by atoms with Crippen LogP contribution in [-0.4, -0.2) is 64.4 Å². The summed E-state index contributed by atoms with van der Waals surface area (Å²) in [6, 6.07) is 4.34. The Morgan fingerprint density at radius 3 is 2.67 bits per heavy atom. The van der Waals surface area contributed by atoms with Crippen LogP contribution in [0, 0.1) is 11.7 Å². The Bertz CT molecular complexity index is 871. The summed E-state index contributed by atoms with van der Waals surface area (Å²) in [5.41, 5.74) is 1.37. The lowest BCUT2D eigenvalue weighted by Crippen LogP contribution is -2.45.